The normalized spacial score (nSPS) is 10.9. The molecule has 0 spiro atoms. The molecule has 5 nitrogen and oxygen atoms in total. The zero-order valence-corrected chi connectivity index (χ0v) is 8.33. The maximum Gasteiger partial charge on any atom is 0.189 e. The van der Waals surface area contributed by atoms with Crippen molar-refractivity contribution < 1.29 is 4.74 Å². The number of aromatic nitrogens is 3. The molecule has 0 amide bonds. The van der Waals surface area contributed by atoms with Crippen LogP contribution in [0.25, 0.3) is 10.5 Å². The number of nitrogens with two attached hydrogens (primary N) is 1. The fourth-order valence-corrected chi connectivity index (χ4v) is 1.82. The Hall–Kier alpha value is -1.11. The summed E-state index contributed by atoms with van der Waals surface area (Å²) in [4.78, 5) is 13.3. The van der Waals surface area contributed by atoms with Gasteiger partial charge >= 0.3 is 0 Å². The Morgan fingerprint density at radius 2 is 2.21 bits per heavy atom. The van der Waals surface area contributed by atoms with Gasteiger partial charge < -0.3 is 10.5 Å². The predicted molar refractivity (Wildman–Crippen MR) is 53.9 cm³/mol. The second kappa shape index (κ2) is 4.41. The Labute approximate surface area is 85.0 Å². The van der Waals surface area contributed by atoms with Crippen LogP contribution in [0.3, 0.4) is 0 Å². The van der Waals surface area contributed by atoms with Crippen molar-refractivity contribution >= 4 is 21.8 Å². The highest BCUT2D eigenvalue weighted by atomic mass is 32.1. The van der Waals surface area contributed by atoms with Crippen LogP contribution in [-0.2, 0) is 11.3 Å². The molecule has 0 unspecified atom stereocenters. The Morgan fingerprint density at radius 3 is 3.00 bits per heavy atom. The minimum Gasteiger partial charge on any atom is -0.373 e. The van der Waals surface area contributed by atoms with Gasteiger partial charge in [0.1, 0.15) is 5.01 Å². The quantitative estimate of drug-likeness (QED) is 0.746. The van der Waals surface area contributed by atoms with Crippen molar-refractivity contribution in [2.45, 2.75) is 6.61 Å². The van der Waals surface area contributed by atoms with E-state index in [0.29, 0.717) is 25.4 Å². The molecule has 0 radical (unpaired) electrons. The molecule has 0 aromatic carbocycles. The summed E-state index contributed by atoms with van der Waals surface area (Å²) in [5, 5.41) is 0.889. The van der Waals surface area contributed by atoms with Crippen molar-refractivity contribution in [3.05, 3.63) is 17.4 Å². The van der Waals surface area contributed by atoms with Crippen molar-refractivity contribution in [3.8, 4) is 0 Å². The summed E-state index contributed by atoms with van der Waals surface area (Å²) in [6.07, 6.45) is 3.29. The van der Waals surface area contributed by atoms with Crippen LogP contribution < -0.4 is 5.73 Å². The summed E-state index contributed by atoms with van der Waals surface area (Å²) in [5.41, 5.74) is 5.99. The van der Waals surface area contributed by atoms with Crippen molar-refractivity contribution in [3.63, 3.8) is 0 Å². The predicted octanol–water partition coefficient (Wildman–Crippen LogP) is 0.562. The van der Waals surface area contributed by atoms with Crippen LogP contribution in [-0.4, -0.2) is 28.1 Å². The van der Waals surface area contributed by atoms with Gasteiger partial charge in [0.15, 0.2) is 10.5 Å². The first-order chi connectivity index (χ1) is 6.90. The largest absolute Gasteiger partial charge is 0.373 e. The second-order valence-electron chi connectivity index (χ2n) is 2.63. The number of thiazole rings is 1. The molecule has 74 valence electrons. The van der Waals surface area contributed by atoms with E-state index in [9.17, 15) is 0 Å². The summed E-state index contributed by atoms with van der Waals surface area (Å²) in [5.74, 6) is 0. The average molecular weight is 210 g/mol. The Kier molecular flexibility index (Phi) is 2.97. The van der Waals surface area contributed by atoms with Gasteiger partial charge in [-0.3, -0.25) is 0 Å². The van der Waals surface area contributed by atoms with Crippen LogP contribution in [0.5, 0.6) is 0 Å². The lowest BCUT2D eigenvalue weighted by Gasteiger charge is -1.96. The minimum atomic E-state index is 0.486. The molecule has 0 saturated carbocycles. The van der Waals surface area contributed by atoms with Crippen molar-refractivity contribution in [1.82, 2.24) is 15.0 Å². The van der Waals surface area contributed by atoms with Crippen LogP contribution in [0, 0.1) is 0 Å². The van der Waals surface area contributed by atoms with Crippen LogP contribution >= 0.6 is 11.3 Å². The number of nitrogens with zero attached hydrogens (tertiary/aromatic N) is 3. The SMILES string of the molecule is NCCOCc1nc2nccnc2s1. The summed E-state index contributed by atoms with van der Waals surface area (Å²) in [6, 6.07) is 0. The molecule has 0 fully saturated rings. The van der Waals surface area contributed by atoms with E-state index in [2.05, 4.69) is 15.0 Å². The lowest BCUT2D eigenvalue weighted by atomic mass is 10.7. The van der Waals surface area contributed by atoms with Gasteiger partial charge in [0.2, 0.25) is 0 Å². The molecule has 6 heteroatoms. The molecule has 2 N–H and O–H groups in total. The van der Waals surface area contributed by atoms with E-state index in [-0.39, 0.29) is 0 Å². The minimum absolute atomic E-state index is 0.486. The lowest BCUT2D eigenvalue weighted by Crippen LogP contribution is -2.07. The van der Waals surface area contributed by atoms with E-state index in [1.807, 2.05) is 0 Å². The zero-order chi connectivity index (χ0) is 9.80. The third kappa shape index (κ3) is 2.03. The molecule has 0 aliphatic rings. The fourth-order valence-electron chi connectivity index (χ4n) is 1.02. The third-order valence-electron chi connectivity index (χ3n) is 1.58. The molecule has 0 aliphatic carbocycles. The highest BCUT2D eigenvalue weighted by Gasteiger charge is 2.04. The van der Waals surface area contributed by atoms with Gasteiger partial charge in [-0.2, -0.15) is 0 Å². The summed E-state index contributed by atoms with van der Waals surface area (Å²) in [7, 11) is 0. The third-order valence-corrected chi connectivity index (χ3v) is 2.51. The molecule has 2 rings (SSSR count). The Bertz CT molecular complexity index is 383. The monoisotopic (exact) mass is 210 g/mol. The van der Waals surface area contributed by atoms with E-state index in [4.69, 9.17) is 10.5 Å². The lowest BCUT2D eigenvalue weighted by molar-refractivity contribution is 0.128. The molecule has 14 heavy (non-hydrogen) atoms. The highest BCUT2D eigenvalue weighted by Crippen LogP contribution is 2.17. The van der Waals surface area contributed by atoms with E-state index < -0.39 is 0 Å². The standard InChI is InChI=1S/C8H10N4OS/c9-1-4-13-5-6-12-7-8(14-6)11-3-2-10-7/h2-3H,1,4-5,9H2. The Balaban J connectivity index is 2.11. The molecule has 0 bridgehead atoms. The van der Waals surface area contributed by atoms with Gasteiger partial charge in [0, 0.05) is 18.9 Å². The molecule has 0 aliphatic heterocycles. The average Bonchev–Trinajstić information content (AvgIpc) is 2.60. The summed E-state index contributed by atoms with van der Waals surface area (Å²) in [6.45, 7) is 1.57. The first kappa shape index (κ1) is 9.45. The molecular weight excluding hydrogens is 200 g/mol. The molecular formula is C8H10N4OS. The fraction of sp³-hybridized carbons (Fsp3) is 0.375. The molecule has 2 heterocycles. The number of ether oxygens (including phenoxy) is 1. The van der Waals surface area contributed by atoms with E-state index in [1.54, 1.807) is 12.4 Å². The first-order valence-corrected chi connectivity index (χ1v) is 5.06. The van der Waals surface area contributed by atoms with Gasteiger partial charge in [-0.1, -0.05) is 11.3 Å². The van der Waals surface area contributed by atoms with Gasteiger partial charge in [-0.25, -0.2) is 15.0 Å². The summed E-state index contributed by atoms with van der Waals surface area (Å²) < 4.78 is 5.27. The maximum atomic E-state index is 5.30. The van der Waals surface area contributed by atoms with Gasteiger partial charge in [-0.15, -0.1) is 0 Å². The molecule has 0 atom stereocenters. The van der Waals surface area contributed by atoms with Crippen molar-refractivity contribution in [1.29, 1.82) is 0 Å². The van der Waals surface area contributed by atoms with Crippen LogP contribution in [0.2, 0.25) is 0 Å². The van der Waals surface area contributed by atoms with Crippen LogP contribution in [0.15, 0.2) is 12.4 Å². The number of hydrogen-bond acceptors (Lipinski definition) is 6. The highest BCUT2D eigenvalue weighted by molar-refractivity contribution is 7.18. The first-order valence-electron chi connectivity index (χ1n) is 4.24. The van der Waals surface area contributed by atoms with Crippen LogP contribution in [0.4, 0.5) is 0 Å². The van der Waals surface area contributed by atoms with Crippen molar-refractivity contribution in [2.75, 3.05) is 13.2 Å². The van der Waals surface area contributed by atoms with Gasteiger partial charge in [0.05, 0.1) is 13.2 Å². The Morgan fingerprint density at radius 1 is 1.36 bits per heavy atom. The summed E-state index contributed by atoms with van der Waals surface area (Å²) >= 11 is 1.50. The topological polar surface area (TPSA) is 73.9 Å². The second-order valence-corrected chi connectivity index (χ2v) is 3.70. The smallest absolute Gasteiger partial charge is 0.189 e. The molecule has 0 saturated heterocycles. The van der Waals surface area contributed by atoms with E-state index in [1.165, 1.54) is 11.3 Å². The maximum absolute atomic E-state index is 5.30. The van der Waals surface area contributed by atoms with E-state index >= 15 is 0 Å². The number of fused-ring (bicyclic) bond motifs is 1. The molecule has 2 aromatic rings. The van der Waals surface area contributed by atoms with Gasteiger partial charge in [-0.05, 0) is 0 Å². The van der Waals surface area contributed by atoms with Gasteiger partial charge in [0.25, 0.3) is 0 Å². The van der Waals surface area contributed by atoms with E-state index in [0.717, 1.165) is 9.84 Å². The van der Waals surface area contributed by atoms with Crippen molar-refractivity contribution in [2.24, 2.45) is 5.73 Å². The van der Waals surface area contributed by atoms with Crippen LogP contribution in [0.1, 0.15) is 5.01 Å². The zero-order valence-electron chi connectivity index (χ0n) is 7.51. The molecule has 2 aromatic heterocycles. The number of rotatable bonds is 4. The number of hydrogen-bond donors (Lipinski definition) is 1.